The number of nitrogens with one attached hydrogen (secondary N) is 1. The molecule has 0 saturated carbocycles. The standard InChI is InChI=1S/C14H9BrF6N2/c15-12-10(13(16,17)18)5-9(6-11(12)14(19,20)21)23-7-8-3-1-2-4-22-8/h1-6,23H,7H2. The molecule has 9 heteroatoms. The number of rotatable bonds is 3. The van der Waals surface area contributed by atoms with Crippen LogP contribution in [0.4, 0.5) is 32.0 Å². The number of anilines is 1. The molecule has 2 rings (SSSR count). The second kappa shape index (κ2) is 6.38. The van der Waals surface area contributed by atoms with E-state index in [-0.39, 0.29) is 12.2 Å². The van der Waals surface area contributed by atoms with Gasteiger partial charge >= 0.3 is 12.4 Å². The van der Waals surface area contributed by atoms with Gasteiger partial charge in [-0.3, -0.25) is 4.98 Å². The Hall–Kier alpha value is -1.77. The van der Waals surface area contributed by atoms with Crippen LogP contribution < -0.4 is 5.32 Å². The lowest BCUT2D eigenvalue weighted by molar-refractivity contribution is -0.144. The summed E-state index contributed by atoms with van der Waals surface area (Å²) in [5.74, 6) is 0. The number of pyridine rings is 1. The van der Waals surface area contributed by atoms with Crippen LogP contribution >= 0.6 is 15.9 Å². The zero-order chi connectivity index (χ0) is 17.3. The molecule has 0 aliphatic heterocycles. The summed E-state index contributed by atoms with van der Waals surface area (Å²) < 4.78 is 76.5. The molecular formula is C14H9BrF6N2. The van der Waals surface area contributed by atoms with Gasteiger partial charge < -0.3 is 5.32 Å². The molecule has 0 unspecified atom stereocenters. The van der Waals surface area contributed by atoms with Gasteiger partial charge in [0.2, 0.25) is 0 Å². The van der Waals surface area contributed by atoms with Crippen LogP contribution in [0.2, 0.25) is 0 Å². The van der Waals surface area contributed by atoms with Crippen LogP contribution in [0.5, 0.6) is 0 Å². The van der Waals surface area contributed by atoms with E-state index < -0.39 is 28.0 Å². The minimum atomic E-state index is -4.92. The number of hydrogen-bond donors (Lipinski definition) is 1. The summed E-state index contributed by atoms with van der Waals surface area (Å²) in [5, 5.41) is 2.53. The first-order valence-corrected chi connectivity index (χ1v) is 7.00. The highest BCUT2D eigenvalue weighted by atomic mass is 79.9. The van der Waals surface area contributed by atoms with Crippen LogP contribution in [0.25, 0.3) is 0 Å². The van der Waals surface area contributed by atoms with Crippen molar-refractivity contribution >= 4 is 21.6 Å². The Kier molecular flexibility index (Phi) is 4.88. The normalized spacial score (nSPS) is 12.3. The fraction of sp³-hybridized carbons (Fsp3) is 0.214. The van der Waals surface area contributed by atoms with Crippen molar-refractivity contribution in [2.45, 2.75) is 18.9 Å². The Balaban J connectivity index is 2.40. The highest BCUT2D eigenvalue weighted by Gasteiger charge is 2.40. The molecule has 0 aliphatic rings. The second-order valence-electron chi connectivity index (χ2n) is 4.56. The van der Waals surface area contributed by atoms with E-state index in [1.807, 2.05) is 0 Å². The second-order valence-corrected chi connectivity index (χ2v) is 5.35. The maximum atomic E-state index is 12.9. The molecule has 0 fully saturated rings. The molecule has 2 aromatic rings. The summed E-state index contributed by atoms with van der Waals surface area (Å²) in [4.78, 5) is 3.94. The van der Waals surface area contributed by atoms with Crippen molar-refractivity contribution in [3.63, 3.8) is 0 Å². The lowest BCUT2D eigenvalue weighted by atomic mass is 10.1. The molecule has 0 saturated heterocycles. The number of nitrogens with zero attached hydrogens (tertiary/aromatic N) is 1. The molecule has 0 amide bonds. The van der Waals surface area contributed by atoms with Crippen molar-refractivity contribution < 1.29 is 26.3 Å². The molecule has 0 spiro atoms. The predicted molar refractivity (Wildman–Crippen MR) is 75.7 cm³/mol. The van der Waals surface area contributed by atoms with Crippen molar-refractivity contribution in [3.8, 4) is 0 Å². The van der Waals surface area contributed by atoms with E-state index in [4.69, 9.17) is 0 Å². The first-order valence-electron chi connectivity index (χ1n) is 6.21. The largest absolute Gasteiger partial charge is 0.417 e. The predicted octanol–water partition coefficient (Wildman–Crippen LogP) is 5.49. The maximum Gasteiger partial charge on any atom is 0.417 e. The van der Waals surface area contributed by atoms with Gasteiger partial charge in [-0.2, -0.15) is 26.3 Å². The van der Waals surface area contributed by atoms with Crippen LogP contribution in [0.1, 0.15) is 16.8 Å². The average molecular weight is 399 g/mol. The maximum absolute atomic E-state index is 12.9. The summed E-state index contributed by atoms with van der Waals surface area (Å²) >= 11 is 2.40. The highest BCUT2D eigenvalue weighted by molar-refractivity contribution is 9.10. The van der Waals surface area contributed by atoms with Crippen molar-refractivity contribution in [2.75, 3.05) is 5.32 Å². The van der Waals surface area contributed by atoms with Crippen LogP contribution in [0.15, 0.2) is 41.0 Å². The molecule has 0 atom stereocenters. The Morgan fingerprint density at radius 3 is 1.96 bits per heavy atom. The molecule has 1 aromatic heterocycles. The zero-order valence-corrected chi connectivity index (χ0v) is 12.9. The Labute approximate surface area is 135 Å². The van der Waals surface area contributed by atoms with Gasteiger partial charge in [-0.05, 0) is 40.2 Å². The molecule has 124 valence electrons. The summed E-state index contributed by atoms with van der Waals surface area (Å²) in [7, 11) is 0. The van der Waals surface area contributed by atoms with Crippen molar-refractivity contribution in [1.29, 1.82) is 0 Å². The van der Waals surface area contributed by atoms with Gasteiger partial charge in [0, 0.05) is 16.4 Å². The third kappa shape index (κ3) is 4.37. The van der Waals surface area contributed by atoms with Gasteiger partial charge in [-0.1, -0.05) is 6.07 Å². The van der Waals surface area contributed by atoms with E-state index in [0.29, 0.717) is 17.8 Å². The van der Waals surface area contributed by atoms with Crippen molar-refractivity contribution in [1.82, 2.24) is 4.98 Å². The topological polar surface area (TPSA) is 24.9 Å². The fourth-order valence-corrected chi connectivity index (χ4v) is 2.51. The summed E-state index contributed by atoms with van der Waals surface area (Å²) in [5.41, 5.74) is -2.59. The molecule has 1 N–H and O–H groups in total. The lowest BCUT2D eigenvalue weighted by Crippen LogP contribution is -2.14. The van der Waals surface area contributed by atoms with Gasteiger partial charge in [0.05, 0.1) is 23.4 Å². The van der Waals surface area contributed by atoms with Gasteiger partial charge in [0.15, 0.2) is 0 Å². The Bertz CT molecular complexity index is 647. The number of hydrogen-bond acceptors (Lipinski definition) is 2. The number of aromatic nitrogens is 1. The van der Waals surface area contributed by atoms with E-state index in [1.54, 1.807) is 18.2 Å². The molecule has 0 radical (unpaired) electrons. The Morgan fingerprint density at radius 1 is 0.957 bits per heavy atom. The molecule has 1 aromatic carbocycles. The van der Waals surface area contributed by atoms with E-state index in [0.717, 1.165) is 0 Å². The smallest absolute Gasteiger partial charge is 0.379 e. The average Bonchev–Trinajstić information content (AvgIpc) is 2.44. The number of benzene rings is 1. The summed E-state index contributed by atoms with van der Waals surface area (Å²) in [6, 6.07) is 6.16. The van der Waals surface area contributed by atoms with E-state index in [2.05, 4.69) is 26.2 Å². The molecule has 1 heterocycles. The fourth-order valence-electron chi connectivity index (χ4n) is 1.83. The summed E-state index contributed by atoms with van der Waals surface area (Å²) in [6.07, 6.45) is -8.36. The molecular weight excluding hydrogens is 390 g/mol. The van der Waals surface area contributed by atoms with Crippen LogP contribution in [0, 0.1) is 0 Å². The van der Waals surface area contributed by atoms with Crippen molar-refractivity contribution in [3.05, 3.63) is 57.8 Å². The monoisotopic (exact) mass is 398 g/mol. The lowest BCUT2D eigenvalue weighted by Gasteiger charge is -2.18. The number of halogens is 7. The molecule has 23 heavy (non-hydrogen) atoms. The third-order valence-electron chi connectivity index (χ3n) is 2.88. The van der Waals surface area contributed by atoms with E-state index in [9.17, 15) is 26.3 Å². The van der Waals surface area contributed by atoms with Gasteiger partial charge in [-0.15, -0.1) is 0 Å². The van der Waals surface area contributed by atoms with Gasteiger partial charge in [0.25, 0.3) is 0 Å². The number of alkyl halides is 6. The van der Waals surface area contributed by atoms with E-state index in [1.165, 1.54) is 6.20 Å². The summed E-state index contributed by atoms with van der Waals surface area (Å²) in [6.45, 7) is -0.00291. The van der Waals surface area contributed by atoms with Crippen LogP contribution in [-0.4, -0.2) is 4.98 Å². The Morgan fingerprint density at radius 2 is 1.52 bits per heavy atom. The first-order chi connectivity index (χ1) is 10.6. The molecule has 0 aliphatic carbocycles. The van der Waals surface area contributed by atoms with Gasteiger partial charge in [0.1, 0.15) is 0 Å². The molecule has 0 bridgehead atoms. The first kappa shape index (κ1) is 17.6. The minimum absolute atomic E-state index is 0.00291. The van der Waals surface area contributed by atoms with Crippen LogP contribution in [0.3, 0.4) is 0 Å². The minimum Gasteiger partial charge on any atom is -0.379 e. The third-order valence-corrected chi connectivity index (χ3v) is 3.74. The zero-order valence-electron chi connectivity index (χ0n) is 11.3. The van der Waals surface area contributed by atoms with Crippen molar-refractivity contribution in [2.24, 2.45) is 0 Å². The highest BCUT2D eigenvalue weighted by Crippen LogP contribution is 2.44. The SMILES string of the molecule is FC(F)(F)c1cc(NCc2ccccn2)cc(C(F)(F)F)c1Br. The quantitative estimate of drug-likeness (QED) is 0.691. The van der Waals surface area contributed by atoms with E-state index >= 15 is 0 Å². The van der Waals surface area contributed by atoms with Gasteiger partial charge in [-0.25, -0.2) is 0 Å². The molecule has 2 nitrogen and oxygen atoms in total. The van der Waals surface area contributed by atoms with Crippen LogP contribution in [-0.2, 0) is 18.9 Å².